The van der Waals surface area contributed by atoms with Crippen molar-refractivity contribution in [2.45, 2.75) is 6.92 Å². The zero-order valence-corrected chi connectivity index (χ0v) is 10.6. The van der Waals surface area contributed by atoms with Crippen LogP contribution in [0.3, 0.4) is 0 Å². The molecule has 0 spiro atoms. The molecule has 0 radical (unpaired) electrons. The van der Waals surface area contributed by atoms with Gasteiger partial charge in [0.05, 0.1) is 0 Å². The summed E-state index contributed by atoms with van der Waals surface area (Å²) in [5.74, 6) is 0.970. The van der Waals surface area contributed by atoms with Crippen molar-refractivity contribution in [3.05, 3.63) is 36.7 Å². The fraction of sp³-hybridized carbons (Fsp3) is 0.385. The van der Waals surface area contributed by atoms with Crippen LogP contribution in [0.15, 0.2) is 36.7 Å². The number of carbonyl (C=O) groups excluding carboxylic acids is 1. The second-order valence-electron chi connectivity index (χ2n) is 4.37. The van der Waals surface area contributed by atoms with E-state index in [4.69, 9.17) is 0 Å². The molecule has 18 heavy (non-hydrogen) atoms. The molecule has 2 rings (SSSR count). The van der Waals surface area contributed by atoms with Crippen LogP contribution >= 0.6 is 0 Å². The zero-order chi connectivity index (χ0) is 13.0. The summed E-state index contributed by atoms with van der Waals surface area (Å²) in [6.45, 7) is 8.47. The molecule has 1 N–H and O–H groups in total. The summed E-state index contributed by atoms with van der Waals surface area (Å²) in [5.41, 5.74) is 0.673. The Kier molecular flexibility index (Phi) is 3.82. The number of anilines is 1. The Morgan fingerprint density at radius 1 is 1.33 bits per heavy atom. The minimum atomic E-state index is -0.0665. The molecule has 1 aliphatic heterocycles. The largest absolute Gasteiger partial charge is 0.353 e. The lowest BCUT2D eigenvalue weighted by atomic mass is 10.3. The first kappa shape index (κ1) is 12.4. The van der Waals surface area contributed by atoms with Gasteiger partial charge in [0.15, 0.2) is 0 Å². The molecule has 2 heterocycles. The number of amides is 2. The molecule has 0 atom stereocenters. The molecule has 1 aliphatic rings. The van der Waals surface area contributed by atoms with Crippen LogP contribution in [0.2, 0.25) is 0 Å². The standard InChI is InChI=1S/C13H18N4O/c1-11(2)15-13(18)17-9-7-16(8-10-17)12-5-3-4-6-14-12/h3-6H,1,7-10H2,2H3,(H,15,18). The number of pyridine rings is 1. The summed E-state index contributed by atoms with van der Waals surface area (Å²) in [6.07, 6.45) is 1.79. The predicted octanol–water partition coefficient (Wildman–Crippen LogP) is 1.45. The van der Waals surface area contributed by atoms with Crippen LogP contribution in [-0.2, 0) is 0 Å². The fourth-order valence-electron chi connectivity index (χ4n) is 1.94. The number of nitrogens with one attached hydrogen (secondary N) is 1. The van der Waals surface area contributed by atoms with E-state index in [0.29, 0.717) is 18.8 Å². The van der Waals surface area contributed by atoms with Crippen LogP contribution in [0.4, 0.5) is 10.6 Å². The Morgan fingerprint density at radius 3 is 2.61 bits per heavy atom. The van der Waals surface area contributed by atoms with Crippen molar-refractivity contribution in [2.24, 2.45) is 0 Å². The molecule has 0 unspecified atom stereocenters. The highest BCUT2D eigenvalue weighted by atomic mass is 16.2. The number of piperazine rings is 1. The lowest BCUT2D eigenvalue weighted by Crippen LogP contribution is -2.51. The van der Waals surface area contributed by atoms with Gasteiger partial charge in [0.1, 0.15) is 5.82 Å². The maximum Gasteiger partial charge on any atom is 0.321 e. The minimum Gasteiger partial charge on any atom is -0.353 e. The first-order valence-electron chi connectivity index (χ1n) is 6.04. The Bertz CT molecular complexity index is 424. The van der Waals surface area contributed by atoms with E-state index in [0.717, 1.165) is 18.9 Å². The monoisotopic (exact) mass is 246 g/mol. The Hall–Kier alpha value is -2.04. The smallest absolute Gasteiger partial charge is 0.321 e. The summed E-state index contributed by atoms with van der Waals surface area (Å²) in [6, 6.07) is 5.80. The van der Waals surface area contributed by atoms with Gasteiger partial charge in [-0.3, -0.25) is 0 Å². The third-order valence-electron chi connectivity index (χ3n) is 2.86. The Morgan fingerprint density at radius 2 is 2.06 bits per heavy atom. The van der Waals surface area contributed by atoms with E-state index in [1.165, 1.54) is 0 Å². The minimum absolute atomic E-state index is 0.0665. The van der Waals surface area contributed by atoms with E-state index in [1.54, 1.807) is 18.0 Å². The number of rotatable bonds is 2. The van der Waals surface area contributed by atoms with Crippen molar-refractivity contribution in [3.8, 4) is 0 Å². The van der Waals surface area contributed by atoms with Gasteiger partial charge in [-0.05, 0) is 19.1 Å². The van der Waals surface area contributed by atoms with E-state index in [9.17, 15) is 4.79 Å². The third-order valence-corrected chi connectivity index (χ3v) is 2.86. The predicted molar refractivity (Wildman–Crippen MR) is 71.4 cm³/mol. The second kappa shape index (κ2) is 5.53. The molecule has 5 heteroatoms. The highest BCUT2D eigenvalue weighted by molar-refractivity contribution is 5.76. The maximum atomic E-state index is 11.8. The molecule has 0 bridgehead atoms. The molecule has 2 amide bonds. The van der Waals surface area contributed by atoms with Crippen LogP contribution in [-0.4, -0.2) is 42.1 Å². The van der Waals surface area contributed by atoms with E-state index < -0.39 is 0 Å². The van der Waals surface area contributed by atoms with Gasteiger partial charge in [0, 0.05) is 38.1 Å². The van der Waals surface area contributed by atoms with Gasteiger partial charge in [-0.25, -0.2) is 9.78 Å². The van der Waals surface area contributed by atoms with Gasteiger partial charge >= 0.3 is 6.03 Å². The number of nitrogens with zero attached hydrogens (tertiary/aromatic N) is 3. The summed E-state index contributed by atoms with van der Waals surface area (Å²) in [4.78, 5) is 20.1. The molecule has 1 saturated heterocycles. The summed E-state index contributed by atoms with van der Waals surface area (Å²) in [5, 5.41) is 2.73. The first-order valence-corrected chi connectivity index (χ1v) is 6.04. The van der Waals surface area contributed by atoms with Gasteiger partial charge in [-0.1, -0.05) is 12.6 Å². The molecule has 1 aromatic rings. The van der Waals surface area contributed by atoms with Crippen LogP contribution < -0.4 is 10.2 Å². The number of hydrogen-bond acceptors (Lipinski definition) is 3. The van der Waals surface area contributed by atoms with Crippen molar-refractivity contribution in [1.82, 2.24) is 15.2 Å². The topological polar surface area (TPSA) is 48.5 Å². The number of hydrogen-bond donors (Lipinski definition) is 1. The highest BCUT2D eigenvalue weighted by Gasteiger charge is 2.21. The third kappa shape index (κ3) is 3.00. The number of urea groups is 1. The summed E-state index contributed by atoms with van der Waals surface area (Å²) >= 11 is 0. The average Bonchev–Trinajstić information content (AvgIpc) is 2.39. The van der Waals surface area contributed by atoms with Crippen molar-refractivity contribution < 1.29 is 4.79 Å². The van der Waals surface area contributed by atoms with Crippen LogP contribution in [0.1, 0.15) is 6.92 Å². The Balaban J connectivity index is 1.88. The molecule has 5 nitrogen and oxygen atoms in total. The molecular formula is C13H18N4O. The van der Waals surface area contributed by atoms with Gasteiger partial charge in [0.2, 0.25) is 0 Å². The van der Waals surface area contributed by atoms with Gasteiger partial charge < -0.3 is 15.1 Å². The molecule has 0 saturated carbocycles. The van der Waals surface area contributed by atoms with Crippen molar-refractivity contribution in [2.75, 3.05) is 31.1 Å². The first-order chi connectivity index (χ1) is 8.66. The fourth-order valence-corrected chi connectivity index (χ4v) is 1.94. The zero-order valence-electron chi connectivity index (χ0n) is 10.6. The van der Waals surface area contributed by atoms with Crippen molar-refractivity contribution in [1.29, 1.82) is 0 Å². The van der Waals surface area contributed by atoms with Gasteiger partial charge in [-0.15, -0.1) is 0 Å². The Labute approximate surface area is 107 Å². The SMILES string of the molecule is C=C(C)NC(=O)N1CCN(c2ccccn2)CC1. The number of aromatic nitrogens is 1. The van der Waals surface area contributed by atoms with Crippen molar-refractivity contribution >= 4 is 11.8 Å². The number of carbonyl (C=O) groups is 1. The lowest BCUT2D eigenvalue weighted by Gasteiger charge is -2.35. The van der Waals surface area contributed by atoms with Gasteiger partial charge in [-0.2, -0.15) is 0 Å². The molecule has 96 valence electrons. The van der Waals surface area contributed by atoms with E-state index in [2.05, 4.69) is 21.8 Å². The summed E-state index contributed by atoms with van der Waals surface area (Å²) < 4.78 is 0. The lowest BCUT2D eigenvalue weighted by molar-refractivity contribution is 0.197. The second-order valence-corrected chi connectivity index (χ2v) is 4.37. The van der Waals surface area contributed by atoms with Crippen molar-refractivity contribution in [3.63, 3.8) is 0 Å². The highest BCUT2D eigenvalue weighted by Crippen LogP contribution is 2.12. The molecule has 0 aliphatic carbocycles. The van der Waals surface area contributed by atoms with E-state index >= 15 is 0 Å². The molecular weight excluding hydrogens is 228 g/mol. The quantitative estimate of drug-likeness (QED) is 0.859. The average molecular weight is 246 g/mol. The molecule has 0 aromatic carbocycles. The van der Waals surface area contributed by atoms with Crippen LogP contribution in [0.5, 0.6) is 0 Å². The molecule has 1 aromatic heterocycles. The summed E-state index contributed by atoms with van der Waals surface area (Å²) in [7, 11) is 0. The normalized spacial score (nSPS) is 15.4. The maximum absolute atomic E-state index is 11.8. The van der Waals surface area contributed by atoms with Gasteiger partial charge in [0.25, 0.3) is 0 Å². The number of allylic oxidation sites excluding steroid dienone is 1. The van der Waals surface area contributed by atoms with E-state index in [1.807, 2.05) is 18.2 Å². The molecule has 1 fully saturated rings. The van der Waals surface area contributed by atoms with Crippen LogP contribution in [0, 0.1) is 0 Å². The van der Waals surface area contributed by atoms with Crippen LogP contribution in [0.25, 0.3) is 0 Å². The van der Waals surface area contributed by atoms with E-state index in [-0.39, 0.29) is 6.03 Å².